The van der Waals surface area contributed by atoms with Gasteiger partial charge in [-0.3, -0.25) is 14.1 Å². The van der Waals surface area contributed by atoms with Gasteiger partial charge in [0.2, 0.25) is 0 Å². The normalized spacial score (nSPS) is 35.6. The first-order chi connectivity index (χ1) is 9.18. The monoisotopic (exact) mass is 316 g/mol. The van der Waals surface area contributed by atoms with Crippen LogP contribution in [0.2, 0.25) is 0 Å². The SMILES string of the molecule is CSC(=NCC(=O)N1SC[C@]23CC[C@@H](CC12)C3)SC. The van der Waals surface area contributed by atoms with Crippen molar-refractivity contribution in [1.29, 1.82) is 0 Å². The minimum absolute atomic E-state index is 0.208. The molecule has 19 heavy (non-hydrogen) atoms. The summed E-state index contributed by atoms with van der Waals surface area (Å²) < 4.78 is 3.07. The van der Waals surface area contributed by atoms with Gasteiger partial charge in [-0.25, -0.2) is 0 Å². The Morgan fingerprint density at radius 3 is 2.95 bits per heavy atom. The summed E-state index contributed by atoms with van der Waals surface area (Å²) in [5.74, 6) is 2.25. The van der Waals surface area contributed by atoms with Crippen LogP contribution in [-0.4, -0.2) is 45.4 Å². The van der Waals surface area contributed by atoms with Crippen LogP contribution in [0.5, 0.6) is 0 Å². The molecule has 0 aromatic carbocycles. The van der Waals surface area contributed by atoms with Crippen LogP contribution in [0, 0.1) is 11.3 Å². The second-order valence-electron chi connectivity index (χ2n) is 5.71. The summed E-state index contributed by atoms with van der Waals surface area (Å²) in [5, 5.41) is 0. The zero-order valence-electron chi connectivity index (χ0n) is 11.4. The largest absolute Gasteiger partial charge is 0.281 e. The second kappa shape index (κ2) is 5.53. The maximum absolute atomic E-state index is 12.4. The van der Waals surface area contributed by atoms with E-state index in [0.29, 0.717) is 18.0 Å². The molecule has 3 aliphatic rings. The summed E-state index contributed by atoms with van der Waals surface area (Å²) in [4.78, 5) is 16.8. The van der Waals surface area contributed by atoms with E-state index in [0.717, 1.165) is 16.0 Å². The molecule has 0 aromatic rings. The Labute approximate surface area is 127 Å². The molecule has 3 atom stereocenters. The Morgan fingerprint density at radius 1 is 1.47 bits per heavy atom. The van der Waals surface area contributed by atoms with E-state index in [2.05, 4.69) is 9.30 Å². The predicted octanol–water partition coefficient (Wildman–Crippen LogP) is 3.12. The number of fused-ring (bicyclic) bond motifs is 1. The molecule has 6 heteroatoms. The van der Waals surface area contributed by atoms with Gasteiger partial charge in [-0.1, -0.05) is 0 Å². The number of thioether (sulfide) groups is 2. The van der Waals surface area contributed by atoms with Crippen LogP contribution in [0.25, 0.3) is 0 Å². The zero-order chi connectivity index (χ0) is 13.5. The summed E-state index contributed by atoms with van der Waals surface area (Å²) in [5.41, 5.74) is 0.469. The van der Waals surface area contributed by atoms with Crippen LogP contribution in [0.15, 0.2) is 4.99 Å². The quantitative estimate of drug-likeness (QED) is 0.445. The van der Waals surface area contributed by atoms with Crippen molar-refractivity contribution < 1.29 is 4.79 Å². The lowest BCUT2D eigenvalue weighted by atomic mass is 9.82. The molecule has 0 N–H and O–H groups in total. The third-order valence-corrected chi connectivity index (χ3v) is 8.12. The van der Waals surface area contributed by atoms with Gasteiger partial charge in [0, 0.05) is 11.2 Å². The molecule has 2 aliphatic carbocycles. The van der Waals surface area contributed by atoms with E-state index >= 15 is 0 Å². The highest BCUT2D eigenvalue weighted by Gasteiger charge is 2.58. The Balaban J connectivity index is 1.64. The van der Waals surface area contributed by atoms with Crippen molar-refractivity contribution in [2.45, 2.75) is 31.7 Å². The summed E-state index contributed by atoms with van der Waals surface area (Å²) in [7, 11) is 0. The molecule has 1 saturated heterocycles. The van der Waals surface area contributed by atoms with Gasteiger partial charge < -0.3 is 0 Å². The highest BCUT2D eigenvalue weighted by Crippen LogP contribution is 2.62. The lowest BCUT2D eigenvalue weighted by Gasteiger charge is -2.31. The standard InChI is InChI=1S/C13H20N2OS3/c1-17-12(18-2)14-7-11(16)15-10-5-9-3-4-13(10,6-9)8-19-15/h9-10H,3-8H2,1-2H3/t9-,10?,13+/m0/s1. The number of amides is 1. The Bertz CT molecular complexity index is 409. The van der Waals surface area contributed by atoms with E-state index < -0.39 is 0 Å². The molecule has 0 aromatic heterocycles. The van der Waals surface area contributed by atoms with Gasteiger partial charge in [0.25, 0.3) is 5.91 Å². The zero-order valence-corrected chi connectivity index (χ0v) is 13.9. The van der Waals surface area contributed by atoms with E-state index in [1.54, 1.807) is 35.5 Å². The molecular formula is C13H20N2OS3. The van der Waals surface area contributed by atoms with Crippen LogP contribution >= 0.6 is 35.5 Å². The van der Waals surface area contributed by atoms with Gasteiger partial charge in [-0.15, -0.1) is 23.5 Å². The first-order valence-electron chi connectivity index (χ1n) is 6.76. The fraction of sp³-hybridized carbons (Fsp3) is 0.846. The lowest BCUT2D eigenvalue weighted by molar-refractivity contribution is -0.126. The van der Waals surface area contributed by atoms with Crippen molar-refractivity contribution in [3.05, 3.63) is 0 Å². The van der Waals surface area contributed by atoms with Gasteiger partial charge >= 0.3 is 0 Å². The molecule has 3 nitrogen and oxygen atoms in total. The molecule has 1 heterocycles. The van der Waals surface area contributed by atoms with Gasteiger partial charge in [-0.2, -0.15) is 0 Å². The molecule has 2 bridgehead atoms. The molecule has 3 fully saturated rings. The third-order valence-electron chi connectivity index (χ3n) is 4.72. The van der Waals surface area contributed by atoms with Gasteiger partial charge in [-0.05, 0) is 56.1 Å². The summed E-state index contributed by atoms with van der Waals surface area (Å²) >= 11 is 5.00. The summed E-state index contributed by atoms with van der Waals surface area (Å²) in [6.07, 6.45) is 9.34. The molecule has 3 rings (SSSR count). The molecule has 1 spiro atoms. The average molecular weight is 317 g/mol. The number of hydrogen-bond donors (Lipinski definition) is 0. The Morgan fingerprint density at radius 2 is 2.26 bits per heavy atom. The van der Waals surface area contributed by atoms with E-state index in [1.165, 1.54) is 25.7 Å². The van der Waals surface area contributed by atoms with Crippen molar-refractivity contribution in [2.24, 2.45) is 16.3 Å². The maximum atomic E-state index is 12.4. The van der Waals surface area contributed by atoms with Crippen LogP contribution in [-0.2, 0) is 4.79 Å². The van der Waals surface area contributed by atoms with Gasteiger partial charge in [0.15, 0.2) is 0 Å². The highest BCUT2D eigenvalue weighted by molar-refractivity contribution is 8.38. The van der Waals surface area contributed by atoms with Crippen LogP contribution < -0.4 is 0 Å². The first-order valence-corrected chi connectivity index (χ1v) is 10.1. The minimum atomic E-state index is 0.208. The first kappa shape index (κ1) is 14.1. The van der Waals surface area contributed by atoms with Gasteiger partial charge in [0.1, 0.15) is 10.9 Å². The minimum Gasteiger partial charge on any atom is -0.281 e. The fourth-order valence-corrected chi connectivity index (χ4v) is 6.46. The molecule has 1 unspecified atom stereocenters. The molecule has 1 aliphatic heterocycles. The van der Waals surface area contributed by atoms with Crippen molar-refractivity contribution in [1.82, 2.24) is 4.31 Å². The number of carbonyl (C=O) groups excluding carboxylic acids is 1. The average Bonchev–Trinajstić information content (AvgIpc) is 3.07. The molecule has 1 amide bonds. The van der Waals surface area contributed by atoms with Crippen molar-refractivity contribution in [2.75, 3.05) is 24.8 Å². The number of rotatable bonds is 2. The molecular weight excluding hydrogens is 296 g/mol. The van der Waals surface area contributed by atoms with E-state index in [4.69, 9.17) is 0 Å². The number of carbonyl (C=O) groups is 1. The number of nitrogens with zero attached hydrogens (tertiary/aromatic N) is 2. The summed E-state index contributed by atoms with van der Waals surface area (Å²) in [6, 6.07) is 0.506. The smallest absolute Gasteiger partial charge is 0.254 e. The van der Waals surface area contributed by atoms with Gasteiger partial charge in [0.05, 0.1) is 6.04 Å². The lowest BCUT2D eigenvalue weighted by Crippen LogP contribution is -2.39. The fourth-order valence-electron chi connectivity index (χ4n) is 3.86. The second-order valence-corrected chi connectivity index (χ2v) is 8.49. The summed E-state index contributed by atoms with van der Waals surface area (Å²) in [6.45, 7) is 0.321. The van der Waals surface area contributed by atoms with Crippen LogP contribution in [0.4, 0.5) is 0 Å². The highest BCUT2D eigenvalue weighted by atomic mass is 32.2. The molecule has 2 saturated carbocycles. The van der Waals surface area contributed by atoms with Crippen molar-refractivity contribution in [3.8, 4) is 0 Å². The molecule has 0 radical (unpaired) electrons. The van der Waals surface area contributed by atoms with Crippen LogP contribution in [0.1, 0.15) is 25.7 Å². The topological polar surface area (TPSA) is 32.7 Å². The van der Waals surface area contributed by atoms with E-state index in [-0.39, 0.29) is 5.91 Å². The Hall–Kier alpha value is 0.190. The third kappa shape index (κ3) is 2.44. The Kier molecular flexibility index (Phi) is 4.11. The van der Waals surface area contributed by atoms with Crippen molar-refractivity contribution >= 4 is 45.8 Å². The maximum Gasteiger partial charge on any atom is 0.254 e. The van der Waals surface area contributed by atoms with E-state index in [9.17, 15) is 4.79 Å². The van der Waals surface area contributed by atoms with Crippen molar-refractivity contribution in [3.63, 3.8) is 0 Å². The molecule has 106 valence electrons. The van der Waals surface area contributed by atoms with E-state index in [1.807, 2.05) is 12.5 Å². The van der Waals surface area contributed by atoms with Crippen LogP contribution in [0.3, 0.4) is 0 Å². The predicted molar refractivity (Wildman–Crippen MR) is 86.8 cm³/mol. The number of hydrogen-bond acceptors (Lipinski definition) is 5. The number of aliphatic imine (C=N–C) groups is 1.